The molecule has 0 atom stereocenters. The third-order valence-electron chi connectivity index (χ3n) is 2.66. The highest BCUT2D eigenvalue weighted by atomic mass is 79.9. The van der Waals surface area contributed by atoms with Crippen molar-refractivity contribution in [2.75, 3.05) is 5.75 Å². The average molecular weight is 300 g/mol. The third-order valence-corrected chi connectivity index (χ3v) is 4.59. The molecule has 0 aromatic heterocycles. The Morgan fingerprint density at radius 3 is 2.88 bits per heavy atom. The van der Waals surface area contributed by atoms with Gasteiger partial charge in [-0.2, -0.15) is 0 Å². The van der Waals surface area contributed by atoms with Gasteiger partial charge >= 0.3 is 0 Å². The number of hydrogen-bond donors (Lipinski definition) is 1. The van der Waals surface area contributed by atoms with E-state index in [0.717, 1.165) is 12.6 Å². The van der Waals surface area contributed by atoms with Crippen LogP contribution in [0.5, 0.6) is 0 Å². The first-order chi connectivity index (χ1) is 7.79. The molecule has 88 valence electrons. The van der Waals surface area contributed by atoms with Crippen LogP contribution in [0.1, 0.15) is 31.7 Å². The summed E-state index contributed by atoms with van der Waals surface area (Å²) in [7, 11) is 0. The normalized spacial score (nSPS) is 15.4. The van der Waals surface area contributed by atoms with Gasteiger partial charge < -0.3 is 5.32 Å². The molecule has 0 heterocycles. The maximum Gasteiger partial charge on any atom is 0.0231 e. The Kier molecular flexibility index (Phi) is 4.74. The molecule has 1 saturated carbocycles. The van der Waals surface area contributed by atoms with E-state index in [1.807, 2.05) is 11.8 Å². The van der Waals surface area contributed by atoms with E-state index in [1.165, 1.54) is 39.9 Å². The molecular weight excluding hydrogens is 282 g/mol. The van der Waals surface area contributed by atoms with E-state index in [1.54, 1.807) is 0 Å². The Morgan fingerprint density at radius 1 is 1.44 bits per heavy atom. The number of halogens is 1. The first-order valence-electron chi connectivity index (χ1n) is 5.94. The molecule has 2 rings (SSSR count). The van der Waals surface area contributed by atoms with Crippen LogP contribution in [0.25, 0.3) is 0 Å². The van der Waals surface area contributed by atoms with Crippen molar-refractivity contribution < 1.29 is 0 Å². The summed E-state index contributed by atoms with van der Waals surface area (Å²) in [5, 5.41) is 3.54. The fraction of sp³-hybridized carbons (Fsp3) is 0.538. The van der Waals surface area contributed by atoms with Crippen LogP contribution in [0.4, 0.5) is 0 Å². The van der Waals surface area contributed by atoms with E-state index in [9.17, 15) is 0 Å². The van der Waals surface area contributed by atoms with Crippen LogP contribution >= 0.6 is 27.7 Å². The maximum absolute atomic E-state index is 3.66. The van der Waals surface area contributed by atoms with Crippen molar-refractivity contribution in [1.29, 1.82) is 0 Å². The van der Waals surface area contributed by atoms with Crippen molar-refractivity contribution >= 4 is 27.7 Å². The summed E-state index contributed by atoms with van der Waals surface area (Å²) in [6, 6.07) is 7.48. The summed E-state index contributed by atoms with van der Waals surface area (Å²) in [6.07, 6.45) is 3.93. The Balaban J connectivity index is 1.92. The highest BCUT2D eigenvalue weighted by Gasteiger charge is 2.20. The van der Waals surface area contributed by atoms with Crippen LogP contribution in [0.2, 0.25) is 0 Å². The Morgan fingerprint density at radius 2 is 2.25 bits per heavy atom. The van der Waals surface area contributed by atoms with Gasteiger partial charge in [0.1, 0.15) is 0 Å². The van der Waals surface area contributed by atoms with Crippen LogP contribution in [0.15, 0.2) is 27.6 Å². The monoisotopic (exact) mass is 299 g/mol. The fourth-order valence-electron chi connectivity index (χ4n) is 1.52. The first-order valence-corrected chi connectivity index (χ1v) is 7.72. The number of benzene rings is 1. The van der Waals surface area contributed by atoms with Gasteiger partial charge in [0.25, 0.3) is 0 Å². The second kappa shape index (κ2) is 6.08. The molecule has 1 nitrogen and oxygen atoms in total. The summed E-state index contributed by atoms with van der Waals surface area (Å²) in [4.78, 5) is 1.36. The lowest BCUT2D eigenvalue weighted by Gasteiger charge is -2.08. The Hall–Kier alpha value is 0.01000. The SMILES string of the molecule is CCCSc1ccc(CNC2CC2)c(Br)c1. The zero-order valence-corrected chi connectivity index (χ0v) is 12.0. The molecule has 3 heteroatoms. The molecule has 0 aliphatic heterocycles. The average Bonchev–Trinajstić information content (AvgIpc) is 3.09. The summed E-state index contributed by atoms with van der Waals surface area (Å²) < 4.78 is 1.24. The molecule has 0 amide bonds. The van der Waals surface area contributed by atoms with E-state index in [2.05, 4.69) is 46.4 Å². The number of nitrogens with one attached hydrogen (secondary N) is 1. The molecule has 0 saturated heterocycles. The van der Waals surface area contributed by atoms with Crippen molar-refractivity contribution in [1.82, 2.24) is 5.32 Å². The van der Waals surface area contributed by atoms with Crippen molar-refractivity contribution in [3.63, 3.8) is 0 Å². The second-order valence-corrected chi connectivity index (χ2v) is 6.28. The molecule has 1 N–H and O–H groups in total. The molecule has 1 aromatic rings. The lowest BCUT2D eigenvalue weighted by molar-refractivity contribution is 0.685. The predicted molar refractivity (Wildman–Crippen MR) is 75.0 cm³/mol. The Bertz CT molecular complexity index is 350. The molecule has 0 unspecified atom stereocenters. The highest BCUT2D eigenvalue weighted by molar-refractivity contribution is 9.10. The highest BCUT2D eigenvalue weighted by Crippen LogP contribution is 2.27. The van der Waals surface area contributed by atoms with Gasteiger partial charge in [-0.25, -0.2) is 0 Å². The second-order valence-electron chi connectivity index (χ2n) is 4.26. The van der Waals surface area contributed by atoms with Crippen LogP contribution < -0.4 is 5.32 Å². The summed E-state index contributed by atoms with van der Waals surface area (Å²) >= 11 is 5.59. The summed E-state index contributed by atoms with van der Waals surface area (Å²) in [6.45, 7) is 3.21. The molecule has 0 spiro atoms. The molecular formula is C13H18BrNS. The van der Waals surface area contributed by atoms with Crippen molar-refractivity contribution in [2.45, 2.75) is 43.7 Å². The van der Waals surface area contributed by atoms with Gasteiger partial charge in [0, 0.05) is 22.0 Å². The van der Waals surface area contributed by atoms with E-state index >= 15 is 0 Å². The van der Waals surface area contributed by atoms with E-state index in [0.29, 0.717) is 0 Å². The lowest BCUT2D eigenvalue weighted by Crippen LogP contribution is -2.15. The van der Waals surface area contributed by atoms with Gasteiger partial charge in [-0.15, -0.1) is 11.8 Å². The molecule has 1 fully saturated rings. The van der Waals surface area contributed by atoms with Gasteiger partial charge in [0.15, 0.2) is 0 Å². The van der Waals surface area contributed by atoms with Gasteiger partial charge in [-0.05, 0) is 42.7 Å². The van der Waals surface area contributed by atoms with Crippen molar-refractivity contribution in [3.8, 4) is 0 Å². The molecule has 1 aromatic carbocycles. The standard InChI is InChI=1S/C13H18BrNS/c1-2-7-16-12-6-3-10(13(14)8-12)9-15-11-4-5-11/h3,6,8,11,15H,2,4-5,7,9H2,1H3. The van der Waals surface area contributed by atoms with Crippen LogP contribution in [0, 0.1) is 0 Å². The fourth-order valence-corrected chi connectivity index (χ4v) is 3.00. The first kappa shape index (κ1) is 12.5. The minimum absolute atomic E-state index is 0.779. The minimum Gasteiger partial charge on any atom is -0.310 e. The largest absolute Gasteiger partial charge is 0.310 e. The van der Waals surface area contributed by atoms with Crippen LogP contribution in [-0.2, 0) is 6.54 Å². The maximum atomic E-state index is 3.66. The number of rotatable bonds is 6. The molecule has 1 aliphatic carbocycles. The molecule has 1 aliphatic rings. The van der Waals surface area contributed by atoms with E-state index < -0.39 is 0 Å². The van der Waals surface area contributed by atoms with E-state index in [4.69, 9.17) is 0 Å². The minimum atomic E-state index is 0.779. The number of thioether (sulfide) groups is 1. The zero-order valence-electron chi connectivity index (χ0n) is 9.63. The molecule has 16 heavy (non-hydrogen) atoms. The van der Waals surface area contributed by atoms with Crippen LogP contribution in [0.3, 0.4) is 0 Å². The zero-order chi connectivity index (χ0) is 11.4. The van der Waals surface area contributed by atoms with Gasteiger partial charge in [-0.3, -0.25) is 0 Å². The third kappa shape index (κ3) is 3.79. The topological polar surface area (TPSA) is 12.0 Å². The lowest BCUT2D eigenvalue weighted by atomic mass is 10.2. The quantitative estimate of drug-likeness (QED) is 0.790. The smallest absolute Gasteiger partial charge is 0.0231 e. The van der Waals surface area contributed by atoms with Gasteiger partial charge in [0.2, 0.25) is 0 Å². The number of hydrogen-bond acceptors (Lipinski definition) is 2. The molecule has 0 bridgehead atoms. The van der Waals surface area contributed by atoms with E-state index in [-0.39, 0.29) is 0 Å². The van der Waals surface area contributed by atoms with Crippen molar-refractivity contribution in [2.24, 2.45) is 0 Å². The molecule has 0 radical (unpaired) electrons. The van der Waals surface area contributed by atoms with Crippen LogP contribution in [-0.4, -0.2) is 11.8 Å². The summed E-state index contributed by atoms with van der Waals surface area (Å²) in [5.74, 6) is 1.20. The Labute approximate surface area is 111 Å². The predicted octanol–water partition coefficient (Wildman–Crippen LogP) is 4.20. The summed E-state index contributed by atoms with van der Waals surface area (Å²) in [5.41, 5.74) is 1.37. The van der Waals surface area contributed by atoms with Gasteiger partial charge in [0.05, 0.1) is 0 Å². The van der Waals surface area contributed by atoms with Crippen molar-refractivity contribution in [3.05, 3.63) is 28.2 Å². The van der Waals surface area contributed by atoms with Gasteiger partial charge in [-0.1, -0.05) is 28.9 Å².